The van der Waals surface area contributed by atoms with Gasteiger partial charge in [0.2, 0.25) is 0 Å². The highest BCUT2D eigenvalue weighted by atomic mass is 14.5. The molecule has 0 aliphatic heterocycles. The van der Waals surface area contributed by atoms with E-state index >= 15 is 0 Å². The number of rotatable bonds is 9. The molecule has 0 aliphatic rings. The molecule has 0 heterocycles. The van der Waals surface area contributed by atoms with Gasteiger partial charge in [0.1, 0.15) is 0 Å². The second-order valence-corrected chi connectivity index (χ2v) is 3.33. The van der Waals surface area contributed by atoms with Crippen LogP contribution in [-0.2, 0) is 0 Å². The first-order valence-corrected chi connectivity index (χ1v) is 5.37. The standard InChI is InChI=1S/C12H23N/c1-2-3-4-5-6-7-8-9-10-11-12-13/h2,9-10H,1,3-8,11-13H2/b10-9+. The number of nitrogens with two attached hydrogens (primary N) is 1. The predicted octanol–water partition coefficient (Wildman–Crippen LogP) is 3.42. The average Bonchev–Trinajstić information content (AvgIpc) is 2.16. The van der Waals surface area contributed by atoms with Crippen LogP contribution >= 0.6 is 0 Å². The summed E-state index contributed by atoms with van der Waals surface area (Å²) in [6, 6.07) is 0. The van der Waals surface area contributed by atoms with Gasteiger partial charge in [-0.3, -0.25) is 0 Å². The zero-order chi connectivity index (χ0) is 9.78. The minimum atomic E-state index is 0.774. The lowest BCUT2D eigenvalue weighted by atomic mass is 10.1. The lowest BCUT2D eigenvalue weighted by Crippen LogP contribution is -1.94. The normalized spacial score (nSPS) is 10.8. The molecule has 0 saturated heterocycles. The Morgan fingerprint density at radius 2 is 1.46 bits per heavy atom. The SMILES string of the molecule is C=CCCCCCC/C=C/CCN. The Kier molecular flexibility index (Phi) is 10.9. The monoisotopic (exact) mass is 181 g/mol. The van der Waals surface area contributed by atoms with Gasteiger partial charge >= 0.3 is 0 Å². The Morgan fingerprint density at radius 3 is 2.08 bits per heavy atom. The Bertz CT molecular complexity index is 127. The van der Waals surface area contributed by atoms with Crippen LogP contribution in [0.15, 0.2) is 24.8 Å². The molecule has 0 unspecified atom stereocenters. The van der Waals surface area contributed by atoms with Crippen molar-refractivity contribution in [2.24, 2.45) is 5.73 Å². The summed E-state index contributed by atoms with van der Waals surface area (Å²) in [6.07, 6.45) is 15.2. The van der Waals surface area contributed by atoms with E-state index in [1.165, 1.54) is 38.5 Å². The van der Waals surface area contributed by atoms with Crippen LogP contribution in [0.2, 0.25) is 0 Å². The molecule has 0 bridgehead atoms. The first-order valence-electron chi connectivity index (χ1n) is 5.37. The van der Waals surface area contributed by atoms with E-state index in [4.69, 9.17) is 5.73 Å². The van der Waals surface area contributed by atoms with Crippen molar-refractivity contribution in [2.75, 3.05) is 6.54 Å². The van der Waals surface area contributed by atoms with Gasteiger partial charge in [0.25, 0.3) is 0 Å². The summed E-state index contributed by atoms with van der Waals surface area (Å²) in [4.78, 5) is 0. The van der Waals surface area contributed by atoms with Crippen molar-refractivity contribution in [2.45, 2.75) is 44.9 Å². The highest BCUT2D eigenvalue weighted by molar-refractivity contribution is 4.81. The molecule has 0 aromatic carbocycles. The Labute approximate surface area is 82.7 Å². The molecule has 0 amide bonds. The number of hydrogen-bond donors (Lipinski definition) is 1. The van der Waals surface area contributed by atoms with Crippen molar-refractivity contribution < 1.29 is 0 Å². The van der Waals surface area contributed by atoms with Gasteiger partial charge < -0.3 is 5.73 Å². The van der Waals surface area contributed by atoms with E-state index in [0.717, 1.165) is 13.0 Å². The zero-order valence-corrected chi connectivity index (χ0v) is 8.67. The van der Waals surface area contributed by atoms with Crippen molar-refractivity contribution in [3.8, 4) is 0 Å². The van der Waals surface area contributed by atoms with E-state index in [2.05, 4.69) is 18.7 Å². The third kappa shape index (κ3) is 11.4. The summed E-state index contributed by atoms with van der Waals surface area (Å²) < 4.78 is 0. The number of allylic oxidation sites excluding steroid dienone is 2. The van der Waals surface area contributed by atoms with Crippen molar-refractivity contribution in [3.63, 3.8) is 0 Å². The number of hydrogen-bond acceptors (Lipinski definition) is 1. The summed E-state index contributed by atoms with van der Waals surface area (Å²) >= 11 is 0. The van der Waals surface area contributed by atoms with Gasteiger partial charge in [-0.1, -0.05) is 31.1 Å². The second kappa shape index (κ2) is 11.4. The molecule has 0 aromatic rings. The topological polar surface area (TPSA) is 26.0 Å². The lowest BCUT2D eigenvalue weighted by molar-refractivity contribution is 0.652. The van der Waals surface area contributed by atoms with Crippen LogP contribution in [0.1, 0.15) is 44.9 Å². The fourth-order valence-electron chi connectivity index (χ4n) is 1.24. The summed E-state index contributed by atoms with van der Waals surface area (Å²) in [6.45, 7) is 4.48. The first-order chi connectivity index (χ1) is 6.41. The molecule has 0 aromatic heterocycles. The van der Waals surface area contributed by atoms with Gasteiger partial charge in [0, 0.05) is 0 Å². The molecule has 0 spiro atoms. The minimum Gasteiger partial charge on any atom is -0.330 e. The third-order valence-corrected chi connectivity index (χ3v) is 2.03. The van der Waals surface area contributed by atoms with Crippen LogP contribution in [0.5, 0.6) is 0 Å². The molecule has 13 heavy (non-hydrogen) atoms. The quantitative estimate of drug-likeness (QED) is 0.428. The van der Waals surface area contributed by atoms with E-state index in [1.54, 1.807) is 0 Å². The van der Waals surface area contributed by atoms with Gasteiger partial charge in [0.05, 0.1) is 0 Å². The lowest BCUT2D eigenvalue weighted by Gasteiger charge is -1.96. The predicted molar refractivity (Wildman–Crippen MR) is 60.7 cm³/mol. The number of unbranched alkanes of at least 4 members (excludes halogenated alkanes) is 5. The molecule has 76 valence electrons. The van der Waals surface area contributed by atoms with Crippen LogP contribution < -0.4 is 5.73 Å². The highest BCUT2D eigenvalue weighted by Crippen LogP contribution is 2.05. The third-order valence-electron chi connectivity index (χ3n) is 2.03. The van der Waals surface area contributed by atoms with Crippen molar-refractivity contribution in [1.29, 1.82) is 0 Å². The van der Waals surface area contributed by atoms with Gasteiger partial charge in [-0.2, -0.15) is 0 Å². The van der Waals surface area contributed by atoms with Crippen LogP contribution in [0.3, 0.4) is 0 Å². The Hall–Kier alpha value is -0.560. The van der Waals surface area contributed by atoms with Gasteiger partial charge in [0.15, 0.2) is 0 Å². The average molecular weight is 181 g/mol. The maximum Gasteiger partial charge on any atom is -0.00426 e. The van der Waals surface area contributed by atoms with Crippen molar-refractivity contribution in [1.82, 2.24) is 0 Å². The summed E-state index contributed by atoms with van der Waals surface area (Å²) in [5.41, 5.74) is 5.36. The summed E-state index contributed by atoms with van der Waals surface area (Å²) in [5, 5.41) is 0. The molecule has 0 aliphatic carbocycles. The molecule has 1 nitrogen and oxygen atoms in total. The van der Waals surface area contributed by atoms with E-state index in [-0.39, 0.29) is 0 Å². The molecule has 0 radical (unpaired) electrons. The fourth-order valence-corrected chi connectivity index (χ4v) is 1.24. The maximum absolute atomic E-state index is 5.36. The van der Waals surface area contributed by atoms with E-state index in [9.17, 15) is 0 Å². The van der Waals surface area contributed by atoms with E-state index in [1.807, 2.05) is 6.08 Å². The van der Waals surface area contributed by atoms with Crippen molar-refractivity contribution >= 4 is 0 Å². The van der Waals surface area contributed by atoms with Gasteiger partial charge in [-0.15, -0.1) is 6.58 Å². The molecule has 0 saturated carbocycles. The molecule has 0 atom stereocenters. The molecular formula is C12H23N. The van der Waals surface area contributed by atoms with E-state index in [0.29, 0.717) is 0 Å². The maximum atomic E-state index is 5.36. The van der Waals surface area contributed by atoms with Crippen LogP contribution in [-0.4, -0.2) is 6.54 Å². The summed E-state index contributed by atoms with van der Waals surface area (Å²) in [5.74, 6) is 0. The molecule has 2 N–H and O–H groups in total. The molecular weight excluding hydrogens is 158 g/mol. The Balaban J connectivity index is 2.94. The molecule has 1 heteroatoms. The second-order valence-electron chi connectivity index (χ2n) is 3.33. The molecule has 0 fully saturated rings. The molecule has 0 rings (SSSR count). The van der Waals surface area contributed by atoms with E-state index < -0.39 is 0 Å². The van der Waals surface area contributed by atoms with Gasteiger partial charge in [-0.25, -0.2) is 0 Å². The van der Waals surface area contributed by atoms with Crippen LogP contribution in [0.25, 0.3) is 0 Å². The highest BCUT2D eigenvalue weighted by Gasteiger charge is 1.86. The largest absolute Gasteiger partial charge is 0.330 e. The summed E-state index contributed by atoms with van der Waals surface area (Å²) in [7, 11) is 0. The smallest absolute Gasteiger partial charge is 0.00426 e. The van der Waals surface area contributed by atoms with Gasteiger partial charge in [-0.05, 0) is 38.6 Å². The van der Waals surface area contributed by atoms with Crippen molar-refractivity contribution in [3.05, 3.63) is 24.8 Å². The van der Waals surface area contributed by atoms with Crippen LogP contribution in [0, 0.1) is 0 Å². The fraction of sp³-hybridized carbons (Fsp3) is 0.667. The minimum absolute atomic E-state index is 0.774. The van der Waals surface area contributed by atoms with Crippen LogP contribution in [0.4, 0.5) is 0 Å². The first kappa shape index (κ1) is 12.4. The zero-order valence-electron chi connectivity index (χ0n) is 8.67. The Morgan fingerprint density at radius 1 is 0.846 bits per heavy atom.